The van der Waals surface area contributed by atoms with Gasteiger partial charge in [-0.05, 0) is 78.3 Å². The molecule has 0 bridgehead atoms. The van der Waals surface area contributed by atoms with Gasteiger partial charge in [0.25, 0.3) is 0 Å². The summed E-state index contributed by atoms with van der Waals surface area (Å²) in [5.41, 5.74) is 20.0. The summed E-state index contributed by atoms with van der Waals surface area (Å²) in [5, 5.41) is 0. The number of benzene rings is 4. The Labute approximate surface area is 249 Å². The van der Waals surface area contributed by atoms with Crippen LogP contribution in [0.4, 0.5) is 11.4 Å². The molecule has 0 radical (unpaired) electrons. The van der Waals surface area contributed by atoms with Crippen LogP contribution in [0, 0.1) is 18.8 Å². The van der Waals surface area contributed by atoms with Crippen LogP contribution < -0.4 is 15.4 Å². The van der Waals surface area contributed by atoms with Crippen LogP contribution >= 0.6 is 0 Å². The van der Waals surface area contributed by atoms with E-state index in [0.717, 1.165) is 74.5 Å². The molecule has 1 unspecified atom stereocenters. The quantitative estimate of drug-likeness (QED) is 0.236. The standard InChI is InChI=1S/C38H37N3O/c1-3-4-10-26-16-17-36-33(38(26)41-18-9-13-30(39)24-41)23-32-29(19-25(2)20-37(32)42-36)22-35-31-14-7-5-11-27(31)21-28-12-6-8-15-34(28)40-35/h5-8,11-12,14-17,19-20,30H,9-10,13,18,21-24,39H2,1-2H3. The van der Waals surface area contributed by atoms with E-state index in [4.69, 9.17) is 15.5 Å². The minimum absolute atomic E-state index is 0.186. The smallest absolute Gasteiger partial charge is 0.133 e. The van der Waals surface area contributed by atoms with E-state index in [0.29, 0.717) is 0 Å². The third kappa shape index (κ3) is 4.99. The van der Waals surface area contributed by atoms with Crippen molar-refractivity contribution >= 4 is 17.1 Å². The fraction of sp³-hybridized carbons (Fsp3) is 0.289. The first-order valence-electron chi connectivity index (χ1n) is 15.2. The number of hydrogen-bond donors (Lipinski definition) is 1. The Kier molecular flexibility index (Phi) is 7.06. The van der Waals surface area contributed by atoms with Crippen molar-refractivity contribution in [2.24, 2.45) is 10.7 Å². The minimum Gasteiger partial charge on any atom is -0.457 e. The van der Waals surface area contributed by atoms with Crippen LogP contribution in [0.5, 0.6) is 11.5 Å². The minimum atomic E-state index is 0.186. The molecule has 4 nitrogen and oxygen atoms in total. The SMILES string of the molecule is CC#CCc1ccc2c(c1N1CCCC(N)C1)Cc1c(CC3=Nc4ccccc4Cc4ccccc43)cc(C)cc1O2. The molecule has 0 saturated carbocycles. The van der Waals surface area contributed by atoms with E-state index >= 15 is 0 Å². The number of ether oxygens (including phenoxy) is 1. The molecule has 1 saturated heterocycles. The topological polar surface area (TPSA) is 50.8 Å². The van der Waals surface area contributed by atoms with Crippen LogP contribution in [0.2, 0.25) is 0 Å². The zero-order valence-corrected chi connectivity index (χ0v) is 24.5. The van der Waals surface area contributed by atoms with Crippen molar-refractivity contribution in [1.29, 1.82) is 0 Å². The van der Waals surface area contributed by atoms with Crippen molar-refractivity contribution < 1.29 is 4.74 Å². The molecule has 210 valence electrons. The van der Waals surface area contributed by atoms with Crippen LogP contribution in [-0.4, -0.2) is 24.8 Å². The monoisotopic (exact) mass is 551 g/mol. The van der Waals surface area contributed by atoms with E-state index in [1.54, 1.807) is 0 Å². The normalized spacial score (nSPS) is 16.9. The Hall–Kier alpha value is -4.33. The zero-order chi connectivity index (χ0) is 28.6. The highest BCUT2D eigenvalue weighted by Crippen LogP contribution is 2.45. The van der Waals surface area contributed by atoms with E-state index < -0.39 is 0 Å². The summed E-state index contributed by atoms with van der Waals surface area (Å²) in [6.07, 6.45) is 5.37. The Morgan fingerprint density at radius 2 is 1.76 bits per heavy atom. The highest BCUT2D eigenvalue weighted by Gasteiger charge is 2.29. The van der Waals surface area contributed by atoms with Gasteiger partial charge >= 0.3 is 0 Å². The van der Waals surface area contributed by atoms with Gasteiger partial charge in [-0.25, -0.2) is 0 Å². The second-order valence-corrected chi connectivity index (χ2v) is 11.9. The fourth-order valence-electron chi connectivity index (χ4n) is 6.92. The molecule has 0 spiro atoms. The van der Waals surface area contributed by atoms with E-state index in [-0.39, 0.29) is 6.04 Å². The number of hydrogen-bond acceptors (Lipinski definition) is 4. The number of para-hydroxylation sites is 1. The summed E-state index contributed by atoms with van der Waals surface area (Å²) in [6.45, 7) is 5.95. The fourth-order valence-corrected chi connectivity index (χ4v) is 6.92. The van der Waals surface area contributed by atoms with Gasteiger partial charge in [0.15, 0.2) is 0 Å². The van der Waals surface area contributed by atoms with Gasteiger partial charge in [0.2, 0.25) is 0 Å². The lowest BCUT2D eigenvalue weighted by atomic mass is 9.87. The second kappa shape index (κ2) is 11.2. The maximum atomic E-state index is 6.72. The van der Waals surface area contributed by atoms with Crippen molar-refractivity contribution in [3.05, 3.63) is 117 Å². The van der Waals surface area contributed by atoms with Gasteiger partial charge in [0.1, 0.15) is 11.5 Å². The molecule has 0 aliphatic carbocycles. The third-order valence-electron chi connectivity index (χ3n) is 8.89. The predicted octanol–water partition coefficient (Wildman–Crippen LogP) is 7.45. The van der Waals surface area contributed by atoms with Gasteiger partial charge in [0, 0.05) is 61.6 Å². The molecule has 42 heavy (non-hydrogen) atoms. The number of rotatable bonds is 4. The number of nitrogens with zero attached hydrogens (tertiary/aromatic N) is 2. The average molecular weight is 552 g/mol. The first-order chi connectivity index (χ1) is 20.6. The number of aliphatic imine (C=N–C) groups is 1. The van der Waals surface area contributed by atoms with E-state index in [9.17, 15) is 0 Å². The Bertz CT molecular complexity index is 1770. The van der Waals surface area contributed by atoms with Crippen LogP contribution in [0.1, 0.15) is 64.3 Å². The predicted molar refractivity (Wildman–Crippen MR) is 173 cm³/mol. The number of piperidine rings is 1. The molecule has 0 amide bonds. The lowest BCUT2D eigenvalue weighted by molar-refractivity contribution is 0.455. The third-order valence-corrected chi connectivity index (χ3v) is 8.89. The Balaban J connectivity index is 1.33. The maximum absolute atomic E-state index is 6.72. The van der Waals surface area contributed by atoms with Crippen molar-refractivity contribution in [1.82, 2.24) is 0 Å². The van der Waals surface area contributed by atoms with Crippen molar-refractivity contribution in [2.45, 2.75) is 58.4 Å². The highest BCUT2D eigenvalue weighted by molar-refractivity contribution is 6.05. The van der Waals surface area contributed by atoms with Gasteiger partial charge in [0.05, 0.1) is 11.4 Å². The molecule has 7 rings (SSSR count). The number of nitrogens with two attached hydrogens (primary N) is 1. The van der Waals surface area contributed by atoms with Crippen molar-refractivity contribution in [3.63, 3.8) is 0 Å². The molecule has 2 N–H and O–H groups in total. The first kappa shape index (κ1) is 26.6. The summed E-state index contributed by atoms with van der Waals surface area (Å²) < 4.78 is 6.72. The largest absolute Gasteiger partial charge is 0.457 e. The molecule has 1 fully saturated rings. The molecule has 3 heterocycles. The summed E-state index contributed by atoms with van der Waals surface area (Å²) in [6, 6.07) is 26.3. The summed E-state index contributed by atoms with van der Waals surface area (Å²) in [7, 11) is 0. The number of aryl methyl sites for hydroxylation is 1. The molecule has 3 aliphatic heterocycles. The molecule has 4 heteroatoms. The number of anilines is 1. The number of fused-ring (bicyclic) bond motifs is 4. The Morgan fingerprint density at radius 3 is 2.62 bits per heavy atom. The lowest BCUT2D eigenvalue weighted by Crippen LogP contribution is -2.43. The van der Waals surface area contributed by atoms with Gasteiger partial charge in [-0.15, -0.1) is 5.92 Å². The molecule has 4 aromatic carbocycles. The van der Waals surface area contributed by atoms with Gasteiger partial charge in [-0.2, -0.15) is 0 Å². The summed E-state index contributed by atoms with van der Waals surface area (Å²) in [4.78, 5) is 7.77. The van der Waals surface area contributed by atoms with Gasteiger partial charge in [-0.3, -0.25) is 4.99 Å². The molecular weight excluding hydrogens is 514 g/mol. The van der Waals surface area contributed by atoms with E-state index in [2.05, 4.69) is 96.5 Å². The van der Waals surface area contributed by atoms with Crippen LogP contribution in [0.15, 0.2) is 77.8 Å². The summed E-state index contributed by atoms with van der Waals surface area (Å²) in [5.74, 6) is 8.32. The maximum Gasteiger partial charge on any atom is 0.133 e. The van der Waals surface area contributed by atoms with Crippen LogP contribution in [0.3, 0.4) is 0 Å². The average Bonchev–Trinajstić information content (AvgIpc) is 3.15. The van der Waals surface area contributed by atoms with Gasteiger partial charge in [-0.1, -0.05) is 60.5 Å². The molecule has 4 aromatic rings. The lowest BCUT2D eigenvalue weighted by Gasteiger charge is -2.37. The Morgan fingerprint density at radius 1 is 0.929 bits per heavy atom. The molecular formula is C38H37N3O. The van der Waals surface area contributed by atoms with E-state index in [1.807, 2.05) is 6.92 Å². The van der Waals surface area contributed by atoms with E-state index in [1.165, 1.54) is 50.2 Å². The van der Waals surface area contributed by atoms with Crippen molar-refractivity contribution in [3.8, 4) is 23.3 Å². The molecule has 3 aliphatic rings. The van der Waals surface area contributed by atoms with Crippen LogP contribution in [-0.2, 0) is 25.7 Å². The second-order valence-electron chi connectivity index (χ2n) is 11.9. The zero-order valence-electron chi connectivity index (χ0n) is 24.5. The molecule has 0 aromatic heterocycles. The van der Waals surface area contributed by atoms with Crippen molar-refractivity contribution in [2.75, 3.05) is 18.0 Å². The van der Waals surface area contributed by atoms with Crippen LogP contribution in [0.25, 0.3) is 0 Å². The molecule has 1 atom stereocenters. The highest BCUT2D eigenvalue weighted by atomic mass is 16.5. The summed E-state index contributed by atoms with van der Waals surface area (Å²) >= 11 is 0. The first-order valence-corrected chi connectivity index (χ1v) is 15.2. The van der Waals surface area contributed by atoms with Gasteiger partial charge < -0.3 is 15.4 Å².